The van der Waals surface area contributed by atoms with Crippen LogP contribution in [-0.4, -0.2) is 0 Å². The van der Waals surface area contributed by atoms with E-state index in [-0.39, 0.29) is 0 Å². The molecule has 0 aliphatic heterocycles. The van der Waals surface area contributed by atoms with Crippen molar-refractivity contribution in [2.45, 2.75) is 6.42 Å². The number of anilines is 3. The minimum absolute atomic E-state index is 0.449. The first-order valence-electron chi connectivity index (χ1n) is 18.0. The van der Waals surface area contributed by atoms with Gasteiger partial charge in [0.15, 0.2) is 0 Å². The first-order chi connectivity index (χ1) is 25.8. The third-order valence-corrected chi connectivity index (χ3v) is 10.6. The minimum atomic E-state index is 0.449. The molecule has 0 saturated carbocycles. The van der Waals surface area contributed by atoms with E-state index in [9.17, 15) is 0 Å². The highest BCUT2D eigenvalue weighted by atomic mass is 16.3. The van der Waals surface area contributed by atoms with Gasteiger partial charge in [0.05, 0.1) is 5.69 Å². The zero-order valence-corrected chi connectivity index (χ0v) is 28.6. The van der Waals surface area contributed by atoms with E-state index >= 15 is 0 Å². The van der Waals surface area contributed by atoms with Crippen LogP contribution in [0.3, 0.4) is 0 Å². The Hall–Kier alpha value is -6.64. The number of allylic oxidation sites excluding steroid dienone is 8. The maximum absolute atomic E-state index is 6.23. The molecule has 1 unspecified atom stereocenters. The summed E-state index contributed by atoms with van der Waals surface area (Å²) >= 11 is 0. The topological polar surface area (TPSA) is 16.4 Å². The van der Waals surface area contributed by atoms with Gasteiger partial charge >= 0.3 is 0 Å². The van der Waals surface area contributed by atoms with E-state index in [4.69, 9.17) is 4.42 Å². The van der Waals surface area contributed by atoms with Gasteiger partial charge in [-0.1, -0.05) is 146 Å². The first kappa shape index (κ1) is 30.2. The number of benzene rings is 7. The molecule has 52 heavy (non-hydrogen) atoms. The van der Waals surface area contributed by atoms with Gasteiger partial charge in [0.1, 0.15) is 11.2 Å². The van der Waals surface area contributed by atoms with E-state index in [1.807, 2.05) is 12.1 Å². The lowest BCUT2D eigenvalue weighted by Crippen LogP contribution is -2.10. The van der Waals surface area contributed by atoms with Crippen molar-refractivity contribution in [3.8, 4) is 22.3 Å². The summed E-state index contributed by atoms with van der Waals surface area (Å²) < 4.78 is 6.23. The molecule has 8 aromatic rings. The lowest BCUT2D eigenvalue weighted by molar-refractivity contribution is 0.669. The molecule has 0 radical (unpaired) electrons. The van der Waals surface area contributed by atoms with E-state index in [0.717, 1.165) is 51.0 Å². The Labute approximate surface area is 303 Å². The Balaban J connectivity index is 1.09. The normalized spacial score (nSPS) is 15.1. The summed E-state index contributed by atoms with van der Waals surface area (Å²) in [4.78, 5) is 2.39. The predicted octanol–water partition coefficient (Wildman–Crippen LogP) is 14.0. The van der Waals surface area contributed by atoms with Crippen LogP contribution in [0, 0.1) is 5.92 Å². The molecule has 0 amide bonds. The Bertz CT molecular complexity index is 2770. The monoisotopic (exact) mass is 665 g/mol. The molecule has 0 spiro atoms. The maximum atomic E-state index is 6.23. The van der Waals surface area contributed by atoms with Gasteiger partial charge in [-0.25, -0.2) is 0 Å². The summed E-state index contributed by atoms with van der Waals surface area (Å²) in [5, 5.41) is 4.71. The smallest absolute Gasteiger partial charge is 0.136 e. The summed E-state index contributed by atoms with van der Waals surface area (Å²) in [6.07, 6.45) is 14.6. The number of hydrogen-bond acceptors (Lipinski definition) is 2. The largest absolute Gasteiger partial charge is 0.456 e. The molecule has 0 saturated heterocycles. The second kappa shape index (κ2) is 12.6. The Kier molecular flexibility index (Phi) is 7.32. The Morgan fingerprint density at radius 3 is 2.17 bits per heavy atom. The van der Waals surface area contributed by atoms with Crippen molar-refractivity contribution in [1.82, 2.24) is 0 Å². The lowest BCUT2D eigenvalue weighted by atomic mass is 9.81. The quantitative estimate of drug-likeness (QED) is 0.176. The van der Waals surface area contributed by atoms with Crippen LogP contribution in [0.25, 0.3) is 60.5 Å². The van der Waals surface area contributed by atoms with Gasteiger partial charge in [0, 0.05) is 33.5 Å². The van der Waals surface area contributed by atoms with E-state index in [0.29, 0.717) is 5.92 Å². The molecule has 7 aromatic carbocycles. The number of hydrogen-bond donors (Lipinski definition) is 0. The van der Waals surface area contributed by atoms with Crippen molar-refractivity contribution in [1.29, 1.82) is 0 Å². The van der Waals surface area contributed by atoms with Crippen LogP contribution in [0.4, 0.5) is 17.1 Å². The average molecular weight is 666 g/mol. The molecular formula is C50H35NO. The molecule has 2 heteroatoms. The molecule has 0 fully saturated rings. The number of furan rings is 1. The third kappa shape index (κ3) is 5.20. The van der Waals surface area contributed by atoms with Crippen molar-refractivity contribution < 1.29 is 4.42 Å². The van der Waals surface area contributed by atoms with Gasteiger partial charge in [-0.3, -0.25) is 0 Å². The molecule has 1 aromatic heterocycles. The average Bonchev–Trinajstić information content (AvgIpc) is 3.60. The number of para-hydroxylation sites is 1. The van der Waals surface area contributed by atoms with Gasteiger partial charge < -0.3 is 9.32 Å². The molecule has 2 nitrogen and oxygen atoms in total. The highest BCUT2D eigenvalue weighted by Crippen LogP contribution is 2.43. The van der Waals surface area contributed by atoms with Crippen LogP contribution in [0.1, 0.15) is 12.0 Å². The molecule has 1 atom stereocenters. The van der Waals surface area contributed by atoms with Gasteiger partial charge in [0.2, 0.25) is 0 Å². The van der Waals surface area contributed by atoms with Crippen molar-refractivity contribution in [2.75, 3.05) is 4.90 Å². The van der Waals surface area contributed by atoms with E-state index in [1.54, 1.807) is 0 Å². The van der Waals surface area contributed by atoms with Crippen molar-refractivity contribution in [3.63, 3.8) is 0 Å². The lowest BCUT2D eigenvalue weighted by Gasteiger charge is -2.27. The molecule has 1 heterocycles. The highest BCUT2D eigenvalue weighted by molar-refractivity contribution is 6.12. The second-order valence-electron chi connectivity index (χ2n) is 13.6. The standard InChI is InChI=1S/C50H35NO/c1-3-20-42-34(12-1)14-9-23-43(42)39-18-7-16-37(32-39)38-17-8-19-41(33-38)51(47-25-10-15-35-13-2-4-21-44(35)47)40-30-28-36(29-31-40)45-24-11-27-49-50(45)46-22-5-6-26-48(46)52-49/h1-13,15-34H,14H2. The van der Waals surface area contributed by atoms with Gasteiger partial charge in [0.25, 0.3) is 0 Å². The van der Waals surface area contributed by atoms with Crippen LogP contribution >= 0.6 is 0 Å². The van der Waals surface area contributed by atoms with Crippen LogP contribution < -0.4 is 4.90 Å². The molecule has 2 aliphatic rings. The second-order valence-corrected chi connectivity index (χ2v) is 13.6. The third-order valence-electron chi connectivity index (χ3n) is 10.6. The number of nitrogens with zero attached hydrogens (tertiary/aromatic N) is 1. The zero-order valence-electron chi connectivity index (χ0n) is 28.6. The number of fused-ring (bicyclic) bond motifs is 5. The van der Waals surface area contributed by atoms with Crippen LogP contribution in [0.2, 0.25) is 0 Å². The highest BCUT2D eigenvalue weighted by Gasteiger charge is 2.20. The van der Waals surface area contributed by atoms with E-state index < -0.39 is 0 Å². The summed E-state index contributed by atoms with van der Waals surface area (Å²) in [5.41, 5.74) is 13.8. The maximum Gasteiger partial charge on any atom is 0.136 e. The predicted molar refractivity (Wildman–Crippen MR) is 219 cm³/mol. The van der Waals surface area contributed by atoms with Crippen molar-refractivity contribution >= 4 is 55.3 Å². The van der Waals surface area contributed by atoms with Crippen molar-refractivity contribution in [3.05, 3.63) is 205 Å². The summed E-state index contributed by atoms with van der Waals surface area (Å²) in [6, 6.07) is 56.8. The fourth-order valence-electron chi connectivity index (χ4n) is 8.10. The Morgan fingerprint density at radius 2 is 1.25 bits per heavy atom. The van der Waals surface area contributed by atoms with Gasteiger partial charge in [-0.15, -0.1) is 0 Å². The molecule has 0 N–H and O–H groups in total. The molecule has 0 bridgehead atoms. The summed E-state index contributed by atoms with van der Waals surface area (Å²) in [6.45, 7) is 0. The molecular weight excluding hydrogens is 631 g/mol. The SMILES string of the molecule is C1=CC2=C(c3cccc(-c4cccc(N(c5ccc(-c6cccc7oc8ccccc8c67)cc5)c5cccc6ccccc56)c4)c3)C=CCC2C=C1. The molecule has 2 aliphatic carbocycles. The van der Waals surface area contributed by atoms with E-state index in [2.05, 4.69) is 187 Å². The zero-order chi connectivity index (χ0) is 34.4. The fraction of sp³-hybridized carbons (Fsp3) is 0.0400. The summed E-state index contributed by atoms with van der Waals surface area (Å²) in [7, 11) is 0. The van der Waals surface area contributed by atoms with Gasteiger partial charge in [-0.2, -0.15) is 0 Å². The Morgan fingerprint density at radius 1 is 0.519 bits per heavy atom. The minimum Gasteiger partial charge on any atom is -0.456 e. The molecule has 246 valence electrons. The van der Waals surface area contributed by atoms with Crippen molar-refractivity contribution in [2.24, 2.45) is 5.92 Å². The van der Waals surface area contributed by atoms with Crippen LogP contribution in [-0.2, 0) is 0 Å². The van der Waals surface area contributed by atoms with Crippen LogP contribution in [0.15, 0.2) is 204 Å². The first-order valence-corrected chi connectivity index (χ1v) is 18.0. The fourth-order valence-corrected chi connectivity index (χ4v) is 8.10. The summed E-state index contributed by atoms with van der Waals surface area (Å²) in [5.74, 6) is 0.449. The molecule has 10 rings (SSSR count). The van der Waals surface area contributed by atoms with Crippen LogP contribution in [0.5, 0.6) is 0 Å². The van der Waals surface area contributed by atoms with E-state index in [1.165, 1.54) is 44.2 Å². The van der Waals surface area contributed by atoms with Gasteiger partial charge in [-0.05, 0) is 99.3 Å². The number of rotatable bonds is 6.